The summed E-state index contributed by atoms with van der Waals surface area (Å²) in [5.74, 6) is -0.747. The second-order valence-electron chi connectivity index (χ2n) is 8.15. The minimum atomic E-state index is -0.572. The Labute approximate surface area is 205 Å². The number of fused-ring (bicyclic) bond motifs is 1. The lowest BCUT2D eigenvalue weighted by Crippen LogP contribution is -2.07. The van der Waals surface area contributed by atoms with Crippen LogP contribution in [0, 0.1) is 5.82 Å². The van der Waals surface area contributed by atoms with Crippen LogP contribution >= 0.6 is 0 Å². The molecule has 0 saturated carbocycles. The normalized spacial score (nSPS) is 11.0. The van der Waals surface area contributed by atoms with Gasteiger partial charge in [0.2, 0.25) is 5.78 Å². The van der Waals surface area contributed by atoms with E-state index in [1.165, 1.54) is 32.4 Å². The monoisotopic (exact) mass is 483 g/mol. The van der Waals surface area contributed by atoms with Crippen LogP contribution in [0.2, 0.25) is 0 Å². The van der Waals surface area contributed by atoms with Gasteiger partial charge in [-0.05, 0) is 48.0 Å². The zero-order chi connectivity index (χ0) is 25.4. The number of hydrogen-bond acceptors (Lipinski definition) is 5. The number of rotatable bonds is 7. The SMILES string of the molecule is COc1ccc(C(=O)c2[nH]c(N)c(C(=O)c3c[nH]c4ccccc34)c2-c2ccc(F)c(OC)c2)cc1. The smallest absolute Gasteiger partial charge is 0.209 e. The maximum absolute atomic E-state index is 14.2. The molecule has 0 bridgehead atoms. The summed E-state index contributed by atoms with van der Waals surface area (Å²) in [6.07, 6.45) is 1.61. The fourth-order valence-electron chi connectivity index (χ4n) is 4.31. The van der Waals surface area contributed by atoms with Crippen LogP contribution in [-0.4, -0.2) is 35.8 Å². The third kappa shape index (κ3) is 3.78. The van der Waals surface area contributed by atoms with Gasteiger partial charge >= 0.3 is 0 Å². The van der Waals surface area contributed by atoms with Crippen molar-refractivity contribution in [1.82, 2.24) is 9.97 Å². The van der Waals surface area contributed by atoms with E-state index < -0.39 is 5.82 Å². The highest BCUT2D eigenvalue weighted by molar-refractivity contribution is 6.24. The van der Waals surface area contributed by atoms with E-state index in [2.05, 4.69) is 9.97 Å². The number of carbonyl (C=O) groups is 2. The highest BCUT2D eigenvalue weighted by Gasteiger charge is 2.29. The molecular weight excluding hydrogens is 461 g/mol. The summed E-state index contributed by atoms with van der Waals surface area (Å²) in [5, 5.41) is 0.716. The Morgan fingerprint density at radius 1 is 0.917 bits per heavy atom. The van der Waals surface area contributed by atoms with Gasteiger partial charge < -0.3 is 25.2 Å². The van der Waals surface area contributed by atoms with Gasteiger partial charge in [0.05, 0.1) is 25.5 Å². The Balaban J connectivity index is 1.73. The van der Waals surface area contributed by atoms with Crippen molar-refractivity contribution in [2.45, 2.75) is 0 Å². The number of nitrogen functional groups attached to an aromatic ring is 1. The average molecular weight is 483 g/mol. The van der Waals surface area contributed by atoms with Crippen molar-refractivity contribution in [1.29, 1.82) is 0 Å². The van der Waals surface area contributed by atoms with Gasteiger partial charge in [0.15, 0.2) is 17.3 Å². The molecule has 0 fully saturated rings. The fraction of sp³-hybridized carbons (Fsp3) is 0.0714. The van der Waals surface area contributed by atoms with E-state index in [0.717, 1.165) is 5.52 Å². The highest BCUT2D eigenvalue weighted by Crippen LogP contribution is 2.38. The number of anilines is 1. The first kappa shape index (κ1) is 22.9. The number of halogens is 1. The molecule has 0 radical (unpaired) electrons. The van der Waals surface area contributed by atoms with Gasteiger partial charge in [-0.2, -0.15) is 0 Å². The summed E-state index contributed by atoms with van der Waals surface area (Å²) in [6.45, 7) is 0. The number of aromatic amines is 2. The second-order valence-corrected chi connectivity index (χ2v) is 8.15. The van der Waals surface area contributed by atoms with Crippen LogP contribution < -0.4 is 15.2 Å². The van der Waals surface area contributed by atoms with Crippen molar-refractivity contribution in [3.05, 3.63) is 101 Å². The molecule has 7 nitrogen and oxygen atoms in total. The zero-order valence-corrected chi connectivity index (χ0v) is 19.5. The fourth-order valence-corrected chi connectivity index (χ4v) is 4.31. The molecular formula is C28H22FN3O4. The number of aromatic nitrogens is 2. The minimum absolute atomic E-state index is 0.0272. The van der Waals surface area contributed by atoms with Crippen LogP contribution in [0.4, 0.5) is 10.2 Å². The first-order chi connectivity index (χ1) is 17.4. The highest BCUT2D eigenvalue weighted by atomic mass is 19.1. The Hall–Kier alpha value is -4.85. The Kier molecular flexibility index (Phi) is 5.77. The van der Waals surface area contributed by atoms with E-state index in [4.69, 9.17) is 15.2 Å². The number of H-pyrrole nitrogens is 2. The lowest BCUT2D eigenvalue weighted by atomic mass is 9.92. The van der Waals surface area contributed by atoms with Crippen molar-refractivity contribution < 1.29 is 23.5 Å². The average Bonchev–Trinajstić information content (AvgIpc) is 3.49. The molecule has 36 heavy (non-hydrogen) atoms. The molecule has 2 heterocycles. The Bertz CT molecular complexity index is 1620. The number of carbonyl (C=O) groups excluding carboxylic acids is 2. The Morgan fingerprint density at radius 2 is 1.67 bits per heavy atom. The van der Waals surface area contributed by atoms with Gasteiger partial charge in [-0.25, -0.2) is 4.39 Å². The molecule has 0 aliphatic carbocycles. The number of ketones is 2. The van der Waals surface area contributed by atoms with Crippen molar-refractivity contribution in [2.24, 2.45) is 0 Å². The van der Waals surface area contributed by atoms with Gasteiger partial charge in [0, 0.05) is 33.8 Å². The second kappa shape index (κ2) is 9.07. The summed E-state index contributed by atoms with van der Waals surface area (Å²) in [7, 11) is 2.88. The van der Waals surface area contributed by atoms with E-state index in [-0.39, 0.29) is 40.0 Å². The zero-order valence-electron chi connectivity index (χ0n) is 19.5. The Morgan fingerprint density at radius 3 is 2.39 bits per heavy atom. The number of ether oxygens (including phenoxy) is 2. The predicted molar refractivity (Wildman–Crippen MR) is 135 cm³/mol. The molecule has 0 spiro atoms. The van der Waals surface area contributed by atoms with Crippen molar-refractivity contribution in [3.8, 4) is 22.6 Å². The van der Waals surface area contributed by atoms with Crippen molar-refractivity contribution in [3.63, 3.8) is 0 Å². The van der Waals surface area contributed by atoms with Gasteiger partial charge in [-0.15, -0.1) is 0 Å². The lowest BCUT2D eigenvalue weighted by Gasteiger charge is -2.10. The van der Waals surface area contributed by atoms with Crippen LogP contribution in [0.5, 0.6) is 11.5 Å². The van der Waals surface area contributed by atoms with E-state index in [1.54, 1.807) is 30.5 Å². The number of benzene rings is 3. The lowest BCUT2D eigenvalue weighted by molar-refractivity contribution is 0.103. The molecule has 180 valence electrons. The van der Waals surface area contributed by atoms with Crippen molar-refractivity contribution in [2.75, 3.05) is 20.0 Å². The summed E-state index contributed by atoms with van der Waals surface area (Å²) in [6, 6.07) is 18.1. The minimum Gasteiger partial charge on any atom is -0.497 e. The van der Waals surface area contributed by atoms with E-state index in [9.17, 15) is 14.0 Å². The molecule has 4 N–H and O–H groups in total. The van der Waals surface area contributed by atoms with Crippen LogP contribution in [0.25, 0.3) is 22.0 Å². The first-order valence-electron chi connectivity index (χ1n) is 11.1. The maximum atomic E-state index is 14.2. The van der Waals surface area contributed by atoms with Crippen LogP contribution in [0.1, 0.15) is 32.0 Å². The van der Waals surface area contributed by atoms with E-state index >= 15 is 0 Å². The molecule has 0 atom stereocenters. The molecule has 8 heteroatoms. The molecule has 0 unspecified atom stereocenters. The molecule has 0 saturated heterocycles. The van der Waals surface area contributed by atoms with E-state index in [0.29, 0.717) is 27.8 Å². The van der Waals surface area contributed by atoms with Crippen LogP contribution in [-0.2, 0) is 0 Å². The largest absolute Gasteiger partial charge is 0.497 e. The summed E-state index contributed by atoms with van der Waals surface area (Å²) in [5.41, 5.74) is 8.76. The predicted octanol–water partition coefficient (Wildman–Crippen LogP) is 5.36. The summed E-state index contributed by atoms with van der Waals surface area (Å²) in [4.78, 5) is 33.5. The molecule has 3 aromatic carbocycles. The number of nitrogens with two attached hydrogens (primary N) is 1. The number of methoxy groups -OCH3 is 2. The number of hydrogen-bond donors (Lipinski definition) is 3. The van der Waals surface area contributed by atoms with Gasteiger partial charge in [-0.3, -0.25) is 9.59 Å². The van der Waals surface area contributed by atoms with Crippen molar-refractivity contribution >= 4 is 28.3 Å². The molecule has 0 amide bonds. The van der Waals surface area contributed by atoms with Crippen LogP contribution in [0.15, 0.2) is 72.9 Å². The molecule has 5 aromatic rings. The van der Waals surface area contributed by atoms with E-state index in [1.807, 2.05) is 24.3 Å². The first-order valence-corrected chi connectivity index (χ1v) is 11.1. The summed E-state index contributed by atoms with van der Waals surface area (Å²) >= 11 is 0. The van der Waals surface area contributed by atoms with Gasteiger partial charge in [-0.1, -0.05) is 24.3 Å². The van der Waals surface area contributed by atoms with Gasteiger partial charge in [0.25, 0.3) is 0 Å². The molecule has 0 aliphatic heterocycles. The third-order valence-corrected chi connectivity index (χ3v) is 6.11. The molecule has 2 aromatic heterocycles. The summed E-state index contributed by atoms with van der Waals surface area (Å²) < 4.78 is 24.6. The maximum Gasteiger partial charge on any atom is 0.209 e. The van der Waals surface area contributed by atoms with Gasteiger partial charge in [0.1, 0.15) is 11.6 Å². The molecule has 0 aliphatic rings. The van der Waals surface area contributed by atoms with Crippen LogP contribution in [0.3, 0.4) is 0 Å². The molecule has 5 rings (SSSR count). The third-order valence-electron chi connectivity index (χ3n) is 6.11. The number of para-hydroxylation sites is 1. The number of nitrogens with one attached hydrogen (secondary N) is 2. The quantitative estimate of drug-likeness (QED) is 0.270. The topological polar surface area (TPSA) is 110 Å². The standard InChI is InChI=1S/C28H22FN3O4/c1-35-17-10-7-15(8-11-17)26(33)25-23(16-9-12-20(29)22(13-16)36-2)24(28(30)32-25)27(34)19-14-31-21-6-4-3-5-18(19)21/h3-14,31-32H,30H2,1-2H3.